The Labute approximate surface area is 100 Å². The minimum atomic E-state index is -0.853. The Morgan fingerprint density at radius 1 is 1.71 bits per heavy atom. The molecule has 0 aliphatic rings. The Balaban J connectivity index is 3.01. The average Bonchev–Trinajstić information content (AvgIpc) is 2.52. The van der Waals surface area contributed by atoms with Crippen LogP contribution in [0.3, 0.4) is 0 Å². The van der Waals surface area contributed by atoms with Crippen molar-refractivity contribution in [1.82, 2.24) is 9.78 Å². The Kier molecular flexibility index (Phi) is 3.73. The van der Waals surface area contributed by atoms with Gasteiger partial charge >= 0.3 is 5.97 Å². The maximum absolute atomic E-state index is 10.8. The highest BCUT2D eigenvalue weighted by Crippen LogP contribution is 2.21. The van der Waals surface area contributed by atoms with Crippen LogP contribution >= 0.6 is 0 Å². The smallest absolute Gasteiger partial charge is 0.308 e. The molecule has 0 fully saturated rings. The van der Waals surface area contributed by atoms with Gasteiger partial charge in [-0.3, -0.25) is 9.48 Å². The molecule has 1 heterocycles. The van der Waals surface area contributed by atoms with Gasteiger partial charge in [0.05, 0.1) is 11.6 Å². The molecule has 6 nitrogen and oxygen atoms in total. The lowest BCUT2D eigenvalue weighted by Gasteiger charge is -2.21. The number of anilines is 1. The maximum atomic E-state index is 10.8. The first-order valence-corrected chi connectivity index (χ1v) is 5.26. The van der Waals surface area contributed by atoms with Gasteiger partial charge < -0.3 is 10.0 Å². The van der Waals surface area contributed by atoms with Crippen LogP contribution in [0.15, 0.2) is 0 Å². The molecule has 1 aromatic heterocycles. The number of aromatic nitrogens is 2. The highest BCUT2D eigenvalue weighted by molar-refractivity contribution is 5.70. The molecule has 92 valence electrons. The molecule has 0 amide bonds. The van der Waals surface area contributed by atoms with Crippen molar-refractivity contribution >= 4 is 11.8 Å². The largest absolute Gasteiger partial charge is 0.481 e. The molecule has 0 aromatic carbocycles. The number of rotatable bonds is 4. The van der Waals surface area contributed by atoms with Crippen LogP contribution in [-0.4, -0.2) is 34.4 Å². The van der Waals surface area contributed by atoms with Crippen LogP contribution in [0.5, 0.6) is 0 Å². The second-order valence-electron chi connectivity index (χ2n) is 4.14. The summed E-state index contributed by atoms with van der Waals surface area (Å²) in [6.45, 7) is 3.73. The van der Waals surface area contributed by atoms with Crippen LogP contribution in [0.4, 0.5) is 5.82 Å². The average molecular weight is 236 g/mol. The first kappa shape index (κ1) is 13.0. The summed E-state index contributed by atoms with van der Waals surface area (Å²) in [7, 11) is 3.50. The molecule has 0 aliphatic carbocycles. The van der Waals surface area contributed by atoms with E-state index in [2.05, 4.69) is 11.2 Å². The summed E-state index contributed by atoms with van der Waals surface area (Å²) in [5.74, 6) is -0.700. The molecule has 0 spiro atoms. The Morgan fingerprint density at radius 3 is 2.76 bits per heavy atom. The third-order valence-corrected chi connectivity index (χ3v) is 2.63. The van der Waals surface area contributed by atoms with Gasteiger partial charge in [0.25, 0.3) is 0 Å². The van der Waals surface area contributed by atoms with Gasteiger partial charge in [-0.25, -0.2) is 0 Å². The summed E-state index contributed by atoms with van der Waals surface area (Å²) in [5, 5.41) is 22.1. The zero-order chi connectivity index (χ0) is 13.2. The van der Waals surface area contributed by atoms with E-state index in [-0.39, 0.29) is 0 Å². The van der Waals surface area contributed by atoms with Crippen LogP contribution in [0.25, 0.3) is 0 Å². The minimum Gasteiger partial charge on any atom is -0.481 e. The SMILES string of the molecule is Cc1nn(C)c(N(C)CC(C)C(=O)O)c1C#N. The predicted octanol–water partition coefficient (Wildman–Crippen LogP) is 0.757. The molecule has 1 atom stereocenters. The first-order valence-electron chi connectivity index (χ1n) is 5.26. The highest BCUT2D eigenvalue weighted by Gasteiger charge is 2.20. The first-order chi connectivity index (χ1) is 7.88. The number of carboxylic acid groups (broad SMARTS) is 1. The number of nitrogens with zero attached hydrogens (tertiary/aromatic N) is 4. The third-order valence-electron chi connectivity index (χ3n) is 2.63. The molecule has 1 N–H and O–H groups in total. The van der Waals surface area contributed by atoms with Crippen molar-refractivity contribution in [2.75, 3.05) is 18.5 Å². The molecule has 1 unspecified atom stereocenters. The molecule has 0 radical (unpaired) electrons. The van der Waals surface area contributed by atoms with Gasteiger partial charge in [-0.05, 0) is 6.92 Å². The molecule has 6 heteroatoms. The van der Waals surface area contributed by atoms with Crippen molar-refractivity contribution in [3.63, 3.8) is 0 Å². The Bertz CT molecular complexity index is 473. The molecule has 1 rings (SSSR count). The van der Waals surface area contributed by atoms with Crippen LogP contribution in [-0.2, 0) is 11.8 Å². The van der Waals surface area contributed by atoms with Crippen molar-refractivity contribution in [2.24, 2.45) is 13.0 Å². The standard InChI is InChI=1S/C11H16N4O2/c1-7(11(16)17)6-14(3)10-9(5-12)8(2)13-15(10)4/h7H,6H2,1-4H3,(H,16,17). The highest BCUT2D eigenvalue weighted by atomic mass is 16.4. The number of aryl methyl sites for hydroxylation is 2. The van der Waals surface area contributed by atoms with E-state index >= 15 is 0 Å². The van der Waals surface area contributed by atoms with Gasteiger partial charge in [-0.2, -0.15) is 10.4 Å². The second-order valence-corrected chi connectivity index (χ2v) is 4.14. The van der Waals surface area contributed by atoms with E-state index < -0.39 is 11.9 Å². The van der Waals surface area contributed by atoms with Crippen LogP contribution in [0.2, 0.25) is 0 Å². The summed E-state index contributed by atoms with van der Waals surface area (Å²) in [5.41, 5.74) is 1.15. The quantitative estimate of drug-likeness (QED) is 0.834. The normalized spacial score (nSPS) is 11.9. The predicted molar refractivity (Wildman–Crippen MR) is 62.7 cm³/mol. The number of nitriles is 1. The third kappa shape index (κ3) is 2.56. The van der Waals surface area contributed by atoms with Gasteiger partial charge in [-0.15, -0.1) is 0 Å². The van der Waals surface area contributed by atoms with Gasteiger partial charge in [0.15, 0.2) is 0 Å². The van der Waals surface area contributed by atoms with E-state index in [9.17, 15) is 4.79 Å². The fourth-order valence-electron chi connectivity index (χ4n) is 1.79. The topological polar surface area (TPSA) is 82.2 Å². The lowest BCUT2D eigenvalue weighted by atomic mass is 10.1. The molecule has 17 heavy (non-hydrogen) atoms. The summed E-state index contributed by atoms with van der Waals surface area (Å²) < 4.78 is 1.60. The number of hydrogen-bond acceptors (Lipinski definition) is 4. The Morgan fingerprint density at radius 2 is 2.29 bits per heavy atom. The molecule has 0 saturated carbocycles. The zero-order valence-corrected chi connectivity index (χ0v) is 10.4. The van der Waals surface area contributed by atoms with Crippen molar-refractivity contribution in [1.29, 1.82) is 5.26 Å². The van der Waals surface area contributed by atoms with Gasteiger partial charge in [0.1, 0.15) is 17.5 Å². The van der Waals surface area contributed by atoms with Crippen molar-refractivity contribution in [3.8, 4) is 6.07 Å². The molecule has 1 aromatic rings. The van der Waals surface area contributed by atoms with E-state index in [1.807, 2.05) is 0 Å². The minimum absolute atomic E-state index is 0.336. The van der Waals surface area contributed by atoms with Crippen LogP contribution in [0.1, 0.15) is 18.2 Å². The number of carbonyl (C=O) groups is 1. The zero-order valence-electron chi connectivity index (χ0n) is 10.4. The molecule has 0 aliphatic heterocycles. The monoisotopic (exact) mass is 236 g/mol. The lowest BCUT2D eigenvalue weighted by Crippen LogP contribution is -2.30. The maximum Gasteiger partial charge on any atom is 0.308 e. The van der Waals surface area contributed by atoms with Crippen LogP contribution < -0.4 is 4.90 Å². The molecule has 0 bridgehead atoms. The van der Waals surface area contributed by atoms with E-state index in [1.54, 1.807) is 37.5 Å². The Hall–Kier alpha value is -2.03. The van der Waals surface area contributed by atoms with E-state index in [0.717, 1.165) is 0 Å². The van der Waals surface area contributed by atoms with Gasteiger partial charge in [-0.1, -0.05) is 6.92 Å². The fourth-order valence-corrected chi connectivity index (χ4v) is 1.79. The van der Waals surface area contributed by atoms with E-state index in [4.69, 9.17) is 10.4 Å². The molecule has 0 saturated heterocycles. The summed E-state index contributed by atoms with van der Waals surface area (Å²) in [6.07, 6.45) is 0. The van der Waals surface area contributed by atoms with E-state index in [0.29, 0.717) is 23.6 Å². The van der Waals surface area contributed by atoms with Crippen molar-refractivity contribution in [2.45, 2.75) is 13.8 Å². The summed E-state index contributed by atoms with van der Waals surface area (Å²) in [6, 6.07) is 2.10. The van der Waals surface area contributed by atoms with Crippen LogP contribution in [0, 0.1) is 24.2 Å². The molecular weight excluding hydrogens is 220 g/mol. The van der Waals surface area contributed by atoms with Crippen molar-refractivity contribution in [3.05, 3.63) is 11.3 Å². The second kappa shape index (κ2) is 4.87. The lowest BCUT2D eigenvalue weighted by molar-refractivity contribution is -0.140. The molecular formula is C11H16N4O2. The fraction of sp³-hybridized carbons (Fsp3) is 0.545. The van der Waals surface area contributed by atoms with Gasteiger partial charge in [0, 0.05) is 20.6 Å². The number of aliphatic carboxylic acids is 1. The summed E-state index contributed by atoms with van der Waals surface area (Å²) in [4.78, 5) is 12.5. The summed E-state index contributed by atoms with van der Waals surface area (Å²) >= 11 is 0. The van der Waals surface area contributed by atoms with Crippen molar-refractivity contribution < 1.29 is 9.90 Å². The van der Waals surface area contributed by atoms with E-state index in [1.165, 1.54) is 0 Å². The number of carboxylic acids is 1. The van der Waals surface area contributed by atoms with Gasteiger partial charge in [0.2, 0.25) is 0 Å². The number of hydrogen-bond donors (Lipinski definition) is 1.